The number of nitrogens with one attached hydrogen (secondary N) is 2. The standard InChI is InChI=1S/C16H17N3O4S/c1-3-11-4-6-12(7-5-11)15-17-13(9-24-15)16(22)23-8-14(21)19-18-10(2)20/h4-7,9H,3,8H2,1-2H3,(H,18,20)(H,19,21). The summed E-state index contributed by atoms with van der Waals surface area (Å²) in [7, 11) is 0. The average molecular weight is 347 g/mol. The molecule has 1 aromatic heterocycles. The number of aromatic nitrogens is 1. The highest BCUT2D eigenvalue weighted by molar-refractivity contribution is 7.13. The average Bonchev–Trinajstić information content (AvgIpc) is 3.08. The highest BCUT2D eigenvalue weighted by Gasteiger charge is 2.15. The van der Waals surface area contributed by atoms with Crippen molar-refractivity contribution in [3.8, 4) is 10.6 Å². The second-order valence-electron chi connectivity index (χ2n) is 4.89. The molecule has 7 nitrogen and oxygen atoms in total. The summed E-state index contributed by atoms with van der Waals surface area (Å²) in [5.41, 5.74) is 6.48. The number of hydrazine groups is 1. The van der Waals surface area contributed by atoms with Crippen molar-refractivity contribution in [1.29, 1.82) is 0 Å². The first-order valence-electron chi connectivity index (χ1n) is 7.27. The van der Waals surface area contributed by atoms with Crippen molar-refractivity contribution in [2.75, 3.05) is 6.61 Å². The fourth-order valence-corrected chi connectivity index (χ4v) is 2.58. The summed E-state index contributed by atoms with van der Waals surface area (Å²) in [6, 6.07) is 7.93. The quantitative estimate of drug-likeness (QED) is 0.634. The third-order valence-electron chi connectivity index (χ3n) is 3.03. The maximum atomic E-state index is 11.9. The number of hydrogen-bond acceptors (Lipinski definition) is 6. The van der Waals surface area contributed by atoms with E-state index in [0.29, 0.717) is 5.01 Å². The minimum Gasteiger partial charge on any atom is -0.451 e. The van der Waals surface area contributed by atoms with Gasteiger partial charge in [0.25, 0.3) is 5.91 Å². The molecule has 2 rings (SSSR count). The first kappa shape index (κ1) is 17.6. The molecule has 0 radical (unpaired) electrons. The summed E-state index contributed by atoms with van der Waals surface area (Å²) in [6.45, 7) is 2.82. The molecular formula is C16H17N3O4S. The molecule has 2 aromatic rings. The zero-order valence-corrected chi connectivity index (χ0v) is 14.1. The van der Waals surface area contributed by atoms with Crippen molar-refractivity contribution in [3.05, 3.63) is 40.9 Å². The number of thiazole rings is 1. The maximum Gasteiger partial charge on any atom is 0.358 e. The number of benzene rings is 1. The predicted octanol–water partition coefficient (Wildman–Crippen LogP) is 1.70. The molecular weight excluding hydrogens is 330 g/mol. The van der Waals surface area contributed by atoms with Gasteiger partial charge in [-0.25, -0.2) is 9.78 Å². The van der Waals surface area contributed by atoms with Crippen LogP contribution in [0.2, 0.25) is 0 Å². The fraction of sp³-hybridized carbons (Fsp3) is 0.250. The Labute approximate surface area is 143 Å². The summed E-state index contributed by atoms with van der Waals surface area (Å²) in [5.74, 6) is -1.75. The SMILES string of the molecule is CCc1ccc(-c2nc(C(=O)OCC(=O)NNC(C)=O)cs2)cc1. The molecule has 0 aliphatic rings. The second-order valence-corrected chi connectivity index (χ2v) is 5.75. The van der Waals surface area contributed by atoms with E-state index in [4.69, 9.17) is 4.74 Å². The van der Waals surface area contributed by atoms with Crippen LogP contribution in [-0.2, 0) is 20.7 Å². The Morgan fingerprint density at radius 1 is 1.17 bits per heavy atom. The molecule has 0 unspecified atom stereocenters. The van der Waals surface area contributed by atoms with Crippen LogP contribution >= 0.6 is 11.3 Å². The van der Waals surface area contributed by atoms with Crippen LogP contribution in [0.5, 0.6) is 0 Å². The van der Waals surface area contributed by atoms with Gasteiger partial charge in [0, 0.05) is 17.9 Å². The number of rotatable bonds is 5. The Balaban J connectivity index is 1.93. The lowest BCUT2D eigenvalue weighted by atomic mass is 10.1. The smallest absolute Gasteiger partial charge is 0.358 e. The summed E-state index contributed by atoms with van der Waals surface area (Å²) >= 11 is 1.32. The van der Waals surface area contributed by atoms with E-state index in [-0.39, 0.29) is 5.69 Å². The Bertz CT molecular complexity index is 740. The van der Waals surface area contributed by atoms with Gasteiger partial charge in [0.2, 0.25) is 5.91 Å². The molecule has 1 heterocycles. The van der Waals surface area contributed by atoms with E-state index in [1.807, 2.05) is 24.3 Å². The Hall–Kier alpha value is -2.74. The Kier molecular flexibility index (Phi) is 6.02. The molecule has 0 aliphatic carbocycles. The number of esters is 1. The van der Waals surface area contributed by atoms with Gasteiger partial charge in [-0.3, -0.25) is 20.4 Å². The summed E-state index contributed by atoms with van der Waals surface area (Å²) in [4.78, 5) is 38.1. The number of amides is 2. The normalized spacial score (nSPS) is 10.1. The third kappa shape index (κ3) is 4.88. The van der Waals surface area contributed by atoms with Gasteiger partial charge >= 0.3 is 5.97 Å². The summed E-state index contributed by atoms with van der Waals surface area (Å²) in [6.07, 6.45) is 0.955. The van der Waals surface area contributed by atoms with Gasteiger partial charge < -0.3 is 4.74 Å². The minimum absolute atomic E-state index is 0.141. The van der Waals surface area contributed by atoms with Gasteiger partial charge in [0.1, 0.15) is 5.01 Å². The van der Waals surface area contributed by atoms with Gasteiger partial charge in [0.05, 0.1) is 0 Å². The van der Waals surface area contributed by atoms with Gasteiger partial charge in [-0.15, -0.1) is 11.3 Å². The molecule has 0 saturated carbocycles. The fourth-order valence-electron chi connectivity index (χ4n) is 1.78. The molecule has 2 N–H and O–H groups in total. The van der Waals surface area contributed by atoms with Crippen molar-refractivity contribution in [2.24, 2.45) is 0 Å². The number of ether oxygens (including phenoxy) is 1. The molecule has 0 atom stereocenters. The van der Waals surface area contributed by atoms with Crippen LogP contribution < -0.4 is 10.9 Å². The lowest BCUT2D eigenvalue weighted by Gasteiger charge is -2.05. The van der Waals surface area contributed by atoms with Crippen LogP contribution in [-0.4, -0.2) is 29.4 Å². The van der Waals surface area contributed by atoms with Crippen LogP contribution in [0.1, 0.15) is 29.9 Å². The highest BCUT2D eigenvalue weighted by atomic mass is 32.1. The van der Waals surface area contributed by atoms with E-state index in [1.54, 1.807) is 5.38 Å². The lowest BCUT2D eigenvalue weighted by Crippen LogP contribution is -2.42. The third-order valence-corrected chi connectivity index (χ3v) is 3.93. The van der Waals surface area contributed by atoms with Crippen LogP contribution in [0, 0.1) is 0 Å². The molecule has 1 aromatic carbocycles. The van der Waals surface area contributed by atoms with Crippen LogP contribution in [0.15, 0.2) is 29.6 Å². The molecule has 0 bridgehead atoms. The van der Waals surface area contributed by atoms with Crippen LogP contribution in [0.4, 0.5) is 0 Å². The van der Waals surface area contributed by atoms with E-state index >= 15 is 0 Å². The van der Waals surface area contributed by atoms with Gasteiger partial charge in [-0.1, -0.05) is 31.2 Å². The van der Waals surface area contributed by atoms with Crippen molar-refractivity contribution in [2.45, 2.75) is 20.3 Å². The monoisotopic (exact) mass is 347 g/mol. The van der Waals surface area contributed by atoms with Crippen LogP contribution in [0.3, 0.4) is 0 Å². The summed E-state index contributed by atoms with van der Waals surface area (Å²) < 4.78 is 4.85. The topological polar surface area (TPSA) is 97.4 Å². The zero-order chi connectivity index (χ0) is 17.5. The van der Waals surface area contributed by atoms with E-state index in [9.17, 15) is 14.4 Å². The highest BCUT2D eigenvalue weighted by Crippen LogP contribution is 2.24. The predicted molar refractivity (Wildman–Crippen MR) is 89.2 cm³/mol. The van der Waals surface area contributed by atoms with Gasteiger partial charge in [-0.2, -0.15) is 0 Å². The van der Waals surface area contributed by atoms with Crippen molar-refractivity contribution in [1.82, 2.24) is 15.8 Å². The van der Waals surface area contributed by atoms with Gasteiger partial charge in [-0.05, 0) is 12.0 Å². The largest absolute Gasteiger partial charge is 0.451 e. The van der Waals surface area contributed by atoms with Crippen molar-refractivity contribution >= 4 is 29.1 Å². The molecule has 0 fully saturated rings. The number of carbonyl (C=O) groups is 3. The molecule has 8 heteroatoms. The van der Waals surface area contributed by atoms with E-state index < -0.39 is 24.4 Å². The zero-order valence-electron chi connectivity index (χ0n) is 13.3. The summed E-state index contributed by atoms with van der Waals surface area (Å²) in [5, 5.41) is 2.28. The van der Waals surface area contributed by atoms with Crippen molar-refractivity contribution in [3.63, 3.8) is 0 Å². The maximum absolute atomic E-state index is 11.9. The molecule has 0 aliphatic heterocycles. The molecule has 2 amide bonds. The Morgan fingerprint density at radius 3 is 2.50 bits per heavy atom. The van der Waals surface area contributed by atoms with E-state index in [2.05, 4.69) is 22.8 Å². The van der Waals surface area contributed by atoms with Crippen molar-refractivity contribution < 1.29 is 19.1 Å². The number of nitrogens with zero attached hydrogens (tertiary/aromatic N) is 1. The first-order chi connectivity index (χ1) is 11.5. The first-order valence-corrected chi connectivity index (χ1v) is 8.15. The molecule has 0 spiro atoms. The minimum atomic E-state index is -0.694. The van der Waals surface area contributed by atoms with E-state index in [1.165, 1.54) is 23.8 Å². The van der Waals surface area contributed by atoms with E-state index in [0.717, 1.165) is 12.0 Å². The van der Waals surface area contributed by atoms with Gasteiger partial charge in [0.15, 0.2) is 12.3 Å². The number of hydrogen-bond donors (Lipinski definition) is 2. The molecule has 24 heavy (non-hydrogen) atoms. The second kappa shape index (κ2) is 8.21. The Morgan fingerprint density at radius 2 is 1.88 bits per heavy atom. The molecule has 126 valence electrons. The van der Waals surface area contributed by atoms with Crippen LogP contribution in [0.25, 0.3) is 10.6 Å². The number of carbonyl (C=O) groups excluding carboxylic acids is 3. The number of aryl methyl sites for hydroxylation is 1. The lowest BCUT2D eigenvalue weighted by molar-refractivity contribution is -0.129. The molecule has 0 saturated heterocycles.